The summed E-state index contributed by atoms with van der Waals surface area (Å²) in [5, 5.41) is 48.3. The molecule has 0 fully saturated rings. The van der Waals surface area contributed by atoms with E-state index >= 15 is 0 Å². The van der Waals surface area contributed by atoms with Gasteiger partial charge in [-0.25, -0.2) is 0 Å². The lowest BCUT2D eigenvalue weighted by atomic mass is 9.90. The molecule has 6 aromatic rings. The Labute approximate surface area is 228 Å². The van der Waals surface area contributed by atoms with Crippen molar-refractivity contribution in [2.75, 3.05) is 28.4 Å². The van der Waals surface area contributed by atoms with Crippen LogP contribution in [0.3, 0.4) is 0 Å². The molecule has 4 N–H and O–H groups in total. The number of hydrogen-bond acceptors (Lipinski definition) is 8. The summed E-state index contributed by atoms with van der Waals surface area (Å²) in [4.78, 5) is 0. The second-order valence-corrected chi connectivity index (χ2v) is 9.41. The molecular weight excluding hydrogens is 512 g/mol. The van der Waals surface area contributed by atoms with E-state index in [0.717, 1.165) is 16.2 Å². The summed E-state index contributed by atoms with van der Waals surface area (Å²) >= 11 is 0. The van der Waals surface area contributed by atoms with E-state index < -0.39 is 5.75 Å². The van der Waals surface area contributed by atoms with E-state index in [1.807, 2.05) is 30.3 Å². The molecular formula is C32H26O8. The maximum atomic E-state index is 11.3. The molecule has 0 unspecified atom stereocenters. The van der Waals surface area contributed by atoms with Crippen LogP contribution in [0.15, 0.2) is 60.7 Å². The highest BCUT2D eigenvalue weighted by Crippen LogP contribution is 2.52. The fourth-order valence-electron chi connectivity index (χ4n) is 5.59. The van der Waals surface area contributed by atoms with E-state index in [-0.39, 0.29) is 22.6 Å². The third-order valence-corrected chi connectivity index (χ3v) is 7.41. The number of phenols is 4. The first-order valence-electron chi connectivity index (χ1n) is 12.4. The molecule has 0 bridgehead atoms. The quantitative estimate of drug-likeness (QED) is 0.139. The molecule has 6 rings (SSSR count). The van der Waals surface area contributed by atoms with Gasteiger partial charge in [-0.05, 0) is 52.6 Å². The minimum absolute atomic E-state index is 0.0538. The zero-order valence-corrected chi connectivity index (χ0v) is 22.2. The monoisotopic (exact) mass is 538 g/mol. The largest absolute Gasteiger partial charge is 0.508 e. The summed E-state index contributed by atoms with van der Waals surface area (Å²) in [7, 11) is 6.13. The van der Waals surface area contributed by atoms with Crippen LogP contribution in [0.2, 0.25) is 0 Å². The summed E-state index contributed by atoms with van der Waals surface area (Å²) in [6.45, 7) is 0. The number of methoxy groups -OCH3 is 4. The second kappa shape index (κ2) is 9.20. The molecule has 0 saturated heterocycles. The Balaban J connectivity index is 1.76. The lowest BCUT2D eigenvalue weighted by molar-refractivity contribution is 0.406. The van der Waals surface area contributed by atoms with Gasteiger partial charge in [0.15, 0.2) is 11.5 Å². The average molecular weight is 539 g/mol. The molecule has 0 amide bonds. The Hall–Kier alpha value is -5.24. The van der Waals surface area contributed by atoms with Gasteiger partial charge < -0.3 is 39.4 Å². The molecule has 0 aliphatic heterocycles. The van der Waals surface area contributed by atoms with Crippen LogP contribution in [0.1, 0.15) is 0 Å². The van der Waals surface area contributed by atoms with Crippen molar-refractivity contribution < 1.29 is 39.4 Å². The van der Waals surface area contributed by atoms with Gasteiger partial charge in [-0.1, -0.05) is 12.1 Å². The number of phenolic OH excluding ortho intramolecular Hbond substituents is 4. The SMILES string of the molecule is COc1ccc2c(ccc3c(-c4cc5c(O)c(O)c6cc(O)cc(OC)c6c5cc4OC)c(O)cc(OC)c32)c1. The van der Waals surface area contributed by atoms with E-state index in [1.165, 1.54) is 26.4 Å². The van der Waals surface area contributed by atoms with Gasteiger partial charge in [0.05, 0.1) is 28.4 Å². The van der Waals surface area contributed by atoms with Crippen molar-refractivity contribution in [3.8, 4) is 57.1 Å². The van der Waals surface area contributed by atoms with Gasteiger partial charge in [-0.3, -0.25) is 0 Å². The predicted molar refractivity (Wildman–Crippen MR) is 155 cm³/mol. The van der Waals surface area contributed by atoms with Gasteiger partial charge >= 0.3 is 0 Å². The Morgan fingerprint density at radius 1 is 0.500 bits per heavy atom. The number of fused-ring (bicyclic) bond motifs is 6. The molecule has 202 valence electrons. The van der Waals surface area contributed by atoms with Crippen LogP contribution >= 0.6 is 0 Å². The van der Waals surface area contributed by atoms with Crippen molar-refractivity contribution in [1.82, 2.24) is 0 Å². The highest BCUT2D eigenvalue weighted by Gasteiger charge is 2.24. The van der Waals surface area contributed by atoms with Crippen molar-refractivity contribution >= 4 is 43.1 Å². The van der Waals surface area contributed by atoms with Crippen molar-refractivity contribution in [3.05, 3.63) is 60.7 Å². The first kappa shape index (κ1) is 25.1. The second-order valence-electron chi connectivity index (χ2n) is 9.41. The molecule has 0 atom stereocenters. The van der Waals surface area contributed by atoms with Gasteiger partial charge in [0.2, 0.25) is 0 Å². The van der Waals surface area contributed by atoms with E-state index in [9.17, 15) is 20.4 Å². The van der Waals surface area contributed by atoms with Crippen molar-refractivity contribution in [2.45, 2.75) is 0 Å². The van der Waals surface area contributed by atoms with Gasteiger partial charge in [0.1, 0.15) is 34.5 Å². The molecule has 40 heavy (non-hydrogen) atoms. The topological polar surface area (TPSA) is 118 Å². The maximum Gasteiger partial charge on any atom is 0.166 e. The Morgan fingerprint density at radius 2 is 1.15 bits per heavy atom. The van der Waals surface area contributed by atoms with Crippen LogP contribution in [-0.2, 0) is 0 Å². The van der Waals surface area contributed by atoms with Crippen molar-refractivity contribution in [1.29, 1.82) is 0 Å². The molecule has 0 spiro atoms. The molecule has 0 aliphatic rings. The fraction of sp³-hybridized carbons (Fsp3) is 0.125. The minimum Gasteiger partial charge on any atom is -0.508 e. The van der Waals surface area contributed by atoms with E-state index in [4.69, 9.17) is 18.9 Å². The Morgan fingerprint density at radius 3 is 1.85 bits per heavy atom. The van der Waals surface area contributed by atoms with Crippen LogP contribution in [0, 0.1) is 0 Å². The molecule has 8 nitrogen and oxygen atoms in total. The molecule has 6 aromatic carbocycles. The van der Waals surface area contributed by atoms with Crippen LogP contribution in [-0.4, -0.2) is 48.9 Å². The van der Waals surface area contributed by atoms with Gasteiger partial charge in [0.25, 0.3) is 0 Å². The first-order valence-corrected chi connectivity index (χ1v) is 12.4. The zero-order chi connectivity index (χ0) is 28.3. The molecule has 0 radical (unpaired) electrons. The lowest BCUT2D eigenvalue weighted by Gasteiger charge is -2.19. The van der Waals surface area contributed by atoms with E-state index in [1.54, 1.807) is 32.4 Å². The van der Waals surface area contributed by atoms with Gasteiger partial charge in [-0.2, -0.15) is 0 Å². The third kappa shape index (κ3) is 3.53. The first-order chi connectivity index (χ1) is 19.3. The predicted octanol–water partition coefficient (Wildman–Crippen LogP) is 6.82. The number of rotatable bonds is 5. The fourth-order valence-corrected chi connectivity index (χ4v) is 5.59. The maximum absolute atomic E-state index is 11.3. The molecule has 0 saturated carbocycles. The number of aromatic hydroxyl groups is 4. The molecule has 8 heteroatoms. The van der Waals surface area contributed by atoms with E-state index in [0.29, 0.717) is 55.7 Å². The summed E-state index contributed by atoms with van der Waals surface area (Å²) in [5.74, 6) is 0.958. The smallest absolute Gasteiger partial charge is 0.166 e. The van der Waals surface area contributed by atoms with Gasteiger partial charge in [0, 0.05) is 50.2 Å². The Kier molecular flexibility index (Phi) is 5.76. The highest BCUT2D eigenvalue weighted by atomic mass is 16.5. The summed E-state index contributed by atoms with van der Waals surface area (Å²) < 4.78 is 22.4. The summed E-state index contributed by atoms with van der Waals surface area (Å²) in [5.41, 5.74) is 0.948. The third-order valence-electron chi connectivity index (χ3n) is 7.41. The number of hydrogen-bond donors (Lipinski definition) is 4. The summed E-state index contributed by atoms with van der Waals surface area (Å²) in [6.07, 6.45) is 0. The van der Waals surface area contributed by atoms with Crippen molar-refractivity contribution in [2.24, 2.45) is 0 Å². The van der Waals surface area contributed by atoms with Crippen LogP contribution in [0.4, 0.5) is 0 Å². The van der Waals surface area contributed by atoms with Crippen molar-refractivity contribution in [3.63, 3.8) is 0 Å². The zero-order valence-electron chi connectivity index (χ0n) is 22.2. The van der Waals surface area contributed by atoms with Crippen LogP contribution < -0.4 is 18.9 Å². The van der Waals surface area contributed by atoms with E-state index in [2.05, 4.69) is 0 Å². The standard InChI is InChI=1S/C32H26O8/c1-37-17-6-8-18-15(9-17)5-7-19-28(24(34)14-27(40-4)29(18)19)22-12-21-20(13-25(22)38-2)30-23(32(36)31(21)35)10-16(33)11-26(30)39-3/h5-14,33-36H,1-4H3. The average Bonchev–Trinajstić information content (AvgIpc) is 2.97. The van der Waals surface area contributed by atoms with Gasteiger partial charge in [-0.15, -0.1) is 0 Å². The summed E-state index contributed by atoms with van der Waals surface area (Å²) in [6, 6.07) is 17.3. The normalized spacial score (nSPS) is 11.4. The minimum atomic E-state index is -0.406. The molecule has 0 aromatic heterocycles. The molecule has 0 aliphatic carbocycles. The highest BCUT2D eigenvalue weighted by molar-refractivity contribution is 6.20. The van der Waals surface area contributed by atoms with Crippen LogP contribution in [0.5, 0.6) is 46.0 Å². The lowest BCUT2D eigenvalue weighted by Crippen LogP contribution is -1.95. The Bertz CT molecular complexity index is 1990. The number of ether oxygens (including phenoxy) is 4. The van der Waals surface area contributed by atoms with Crippen LogP contribution in [0.25, 0.3) is 54.2 Å². The molecule has 0 heterocycles. The number of benzene rings is 6.